The Labute approximate surface area is 225 Å². The predicted octanol–water partition coefficient (Wildman–Crippen LogP) is 7.34. The average Bonchev–Trinajstić information content (AvgIpc) is 3.45. The molecule has 6 rings (SSSR count). The highest BCUT2D eigenvalue weighted by atomic mass is 19.1. The molecule has 1 N–H and O–H groups in total. The molecule has 0 radical (unpaired) electrons. The number of nitrogens with zero attached hydrogens (tertiary/aromatic N) is 4. The summed E-state index contributed by atoms with van der Waals surface area (Å²) in [5, 5.41) is 10.3. The number of halogens is 1. The lowest BCUT2D eigenvalue weighted by molar-refractivity contribution is 0.0697. The van der Waals surface area contributed by atoms with Crippen LogP contribution < -0.4 is 0 Å². The van der Waals surface area contributed by atoms with E-state index in [9.17, 15) is 14.3 Å². The van der Waals surface area contributed by atoms with E-state index in [2.05, 4.69) is 11.5 Å². The molecule has 4 aromatic carbocycles. The second-order valence-corrected chi connectivity index (χ2v) is 9.75. The molecular formula is C32H27FN4O2. The third-order valence-electron chi connectivity index (χ3n) is 7.27. The van der Waals surface area contributed by atoms with Crippen LogP contribution in [0, 0.1) is 12.7 Å². The van der Waals surface area contributed by atoms with Crippen LogP contribution in [-0.2, 0) is 13.5 Å². The van der Waals surface area contributed by atoms with Gasteiger partial charge in [-0.15, -0.1) is 0 Å². The number of carboxylic acids is 1. The lowest BCUT2D eigenvalue weighted by Crippen LogP contribution is -2.09. The summed E-state index contributed by atoms with van der Waals surface area (Å²) < 4.78 is 17.9. The van der Waals surface area contributed by atoms with E-state index >= 15 is 0 Å². The quantitative estimate of drug-likeness (QED) is 0.250. The maximum absolute atomic E-state index is 13.9. The molecule has 0 amide bonds. The first-order chi connectivity index (χ1) is 18.9. The summed E-state index contributed by atoms with van der Waals surface area (Å²) in [5.41, 5.74) is 7.23. The number of fused-ring (bicyclic) bond motifs is 2. The van der Waals surface area contributed by atoms with Crippen molar-refractivity contribution in [2.75, 3.05) is 0 Å². The van der Waals surface area contributed by atoms with Crippen LogP contribution in [0.25, 0.3) is 50.3 Å². The van der Waals surface area contributed by atoms with E-state index < -0.39 is 5.97 Å². The standard InChI is InChI=1S/C32H27FN4O2/c1-4-8-29-34-24-14-11-21(31-35-25-18-22(33)12-15-27(25)36(31)3)17-28(24)37(29)26-16-13-23(20-9-6-5-7-10-20)30(19(26)2)32(38)39/h5-7,9-18H,4,8H2,1-3H3,(H,38,39). The first kappa shape index (κ1) is 24.6. The van der Waals surface area contributed by atoms with Crippen molar-refractivity contribution in [3.05, 3.63) is 102 Å². The van der Waals surface area contributed by atoms with Crippen LogP contribution >= 0.6 is 0 Å². The number of benzene rings is 4. The maximum Gasteiger partial charge on any atom is 0.336 e. The van der Waals surface area contributed by atoms with Gasteiger partial charge in [0.1, 0.15) is 17.5 Å². The Morgan fingerprint density at radius 3 is 2.44 bits per heavy atom. The number of hydrogen-bond donors (Lipinski definition) is 1. The number of carboxylic acid groups (broad SMARTS) is 1. The highest BCUT2D eigenvalue weighted by molar-refractivity contribution is 5.99. The van der Waals surface area contributed by atoms with E-state index in [0.717, 1.165) is 52.0 Å². The maximum atomic E-state index is 13.9. The van der Waals surface area contributed by atoms with Crippen molar-refractivity contribution in [1.29, 1.82) is 0 Å². The summed E-state index contributed by atoms with van der Waals surface area (Å²) in [6.07, 6.45) is 1.62. The molecule has 6 nitrogen and oxygen atoms in total. The van der Waals surface area contributed by atoms with Crippen LogP contribution in [0.1, 0.15) is 35.1 Å². The minimum Gasteiger partial charge on any atom is -0.478 e. The minimum atomic E-state index is -0.970. The molecule has 2 aromatic heterocycles. The Morgan fingerprint density at radius 1 is 0.897 bits per heavy atom. The van der Waals surface area contributed by atoms with Gasteiger partial charge < -0.3 is 9.67 Å². The third-order valence-corrected chi connectivity index (χ3v) is 7.27. The van der Waals surface area contributed by atoms with E-state index in [-0.39, 0.29) is 11.4 Å². The van der Waals surface area contributed by atoms with E-state index in [1.54, 1.807) is 6.07 Å². The van der Waals surface area contributed by atoms with Gasteiger partial charge in [0.25, 0.3) is 0 Å². The first-order valence-electron chi connectivity index (χ1n) is 12.9. The topological polar surface area (TPSA) is 72.9 Å². The van der Waals surface area contributed by atoms with Gasteiger partial charge >= 0.3 is 5.97 Å². The molecule has 0 fully saturated rings. The van der Waals surface area contributed by atoms with Crippen LogP contribution in [0.3, 0.4) is 0 Å². The second kappa shape index (κ2) is 9.51. The molecule has 39 heavy (non-hydrogen) atoms. The van der Waals surface area contributed by atoms with Crippen molar-refractivity contribution >= 4 is 28.0 Å². The molecule has 0 atom stereocenters. The Kier molecular flexibility index (Phi) is 5.99. The molecule has 0 aliphatic heterocycles. The fourth-order valence-electron chi connectivity index (χ4n) is 5.43. The number of imidazole rings is 2. The van der Waals surface area contributed by atoms with Gasteiger partial charge in [-0.25, -0.2) is 19.2 Å². The smallest absolute Gasteiger partial charge is 0.336 e. The molecule has 0 aliphatic rings. The molecule has 6 aromatic rings. The number of rotatable bonds is 6. The second-order valence-electron chi connectivity index (χ2n) is 9.75. The predicted molar refractivity (Wildman–Crippen MR) is 152 cm³/mol. The minimum absolute atomic E-state index is 0.275. The zero-order chi connectivity index (χ0) is 27.3. The van der Waals surface area contributed by atoms with Crippen LogP contribution in [0.4, 0.5) is 4.39 Å². The van der Waals surface area contributed by atoms with Gasteiger partial charge in [-0.1, -0.05) is 43.3 Å². The van der Waals surface area contributed by atoms with Crippen molar-refractivity contribution in [1.82, 2.24) is 19.1 Å². The van der Waals surface area contributed by atoms with Crippen molar-refractivity contribution in [2.45, 2.75) is 26.7 Å². The average molecular weight is 519 g/mol. The Hall–Kier alpha value is -4.78. The van der Waals surface area contributed by atoms with E-state index in [4.69, 9.17) is 9.97 Å². The van der Waals surface area contributed by atoms with Gasteiger partial charge in [0.15, 0.2) is 0 Å². The molecule has 0 saturated heterocycles. The summed E-state index contributed by atoms with van der Waals surface area (Å²) in [6.45, 7) is 3.96. The molecule has 0 unspecified atom stereocenters. The van der Waals surface area contributed by atoms with E-state index in [0.29, 0.717) is 22.5 Å². The zero-order valence-corrected chi connectivity index (χ0v) is 21.9. The third kappa shape index (κ3) is 4.07. The monoisotopic (exact) mass is 518 g/mol. The molecule has 0 spiro atoms. The number of hydrogen-bond acceptors (Lipinski definition) is 3. The van der Waals surface area contributed by atoms with Crippen molar-refractivity contribution in [2.24, 2.45) is 7.05 Å². The van der Waals surface area contributed by atoms with Gasteiger partial charge in [-0.05, 0) is 66.4 Å². The lowest BCUT2D eigenvalue weighted by atomic mass is 9.94. The zero-order valence-electron chi connectivity index (χ0n) is 21.9. The van der Waals surface area contributed by atoms with Gasteiger partial charge in [-0.2, -0.15) is 0 Å². The molecule has 0 aliphatic carbocycles. The Balaban J connectivity index is 1.59. The number of aryl methyl sites for hydroxylation is 2. The normalized spacial score (nSPS) is 11.5. The van der Waals surface area contributed by atoms with Crippen molar-refractivity contribution < 1.29 is 14.3 Å². The Morgan fingerprint density at radius 2 is 1.69 bits per heavy atom. The lowest BCUT2D eigenvalue weighted by Gasteiger charge is -2.17. The molecular weight excluding hydrogens is 491 g/mol. The molecule has 7 heteroatoms. The summed E-state index contributed by atoms with van der Waals surface area (Å²) >= 11 is 0. The number of aromatic carboxylic acids is 1. The van der Waals surface area contributed by atoms with Crippen LogP contribution in [0.2, 0.25) is 0 Å². The molecule has 194 valence electrons. The van der Waals surface area contributed by atoms with Gasteiger partial charge in [-0.3, -0.25) is 4.57 Å². The van der Waals surface area contributed by atoms with Crippen molar-refractivity contribution in [3.63, 3.8) is 0 Å². The highest BCUT2D eigenvalue weighted by Gasteiger charge is 2.22. The molecule has 0 saturated carbocycles. The first-order valence-corrected chi connectivity index (χ1v) is 12.9. The summed E-state index contributed by atoms with van der Waals surface area (Å²) in [4.78, 5) is 22.2. The van der Waals surface area contributed by atoms with E-state index in [1.807, 2.05) is 79.2 Å². The van der Waals surface area contributed by atoms with Crippen LogP contribution in [0.15, 0.2) is 78.9 Å². The van der Waals surface area contributed by atoms with Crippen LogP contribution in [-0.4, -0.2) is 30.2 Å². The van der Waals surface area contributed by atoms with Crippen LogP contribution in [0.5, 0.6) is 0 Å². The SMILES string of the molecule is CCCc1nc2ccc(-c3nc4cc(F)ccc4n3C)cc2n1-c1ccc(-c2ccccc2)c(C(=O)O)c1C. The number of carbonyl (C=O) groups is 1. The fraction of sp³-hybridized carbons (Fsp3) is 0.156. The highest BCUT2D eigenvalue weighted by Crippen LogP contribution is 2.34. The van der Waals surface area contributed by atoms with Gasteiger partial charge in [0, 0.05) is 25.1 Å². The van der Waals surface area contributed by atoms with Crippen molar-refractivity contribution in [3.8, 4) is 28.2 Å². The molecule has 2 heterocycles. The van der Waals surface area contributed by atoms with Gasteiger partial charge in [0.05, 0.1) is 33.3 Å². The fourth-order valence-corrected chi connectivity index (χ4v) is 5.43. The largest absolute Gasteiger partial charge is 0.478 e. The van der Waals surface area contributed by atoms with Gasteiger partial charge in [0.2, 0.25) is 0 Å². The number of aromatic nitrogens is 4. The molecule has 0 bridgehead atoms. The summed E-state index contributed by atoms with van der Waals surface area (Å²) in [7, 11) is 1.91. The summed E-state index contributed by atoms with van der Waals surface area (Å²) in [5.74, 6) is 0.282. The summed E-state index contributed by atoms with van der Waals surface area (Å²) in [6, 6.07) is 24.0. The Bertz CT molecular complexity index is 1890. The van der Waals surface area contributed by atoms with E-state index in [1.165, 1.54) is 12.1 Å².